The second kappa shape index (κ2) is 5.52. The van der Waals surface area contributed by atoms with Gasteiger partial charge in [0, 0.05) is 6.54 Å². The third-order valence-electron chi connectivity index (χ3n) is 3.69. The Hall–Kier alpha value is -2.82. The maximum Gasteiger partial charge on any atom is 0.325 e. The van der Waals surface area contributed by atoms with Gasteiger partial charge < -0.3 is 9.73 Å². The average molecular weight is 296 g/mol. The lowest BCUT2D eigenvalue weighted by Crippen LogP contribution is -2.40. The largest absolute Gasteiger partial charge is 0.466 e. The molecule has 1 aliphatic rings. The number of rotatable bonds is 4. The van der Waals surface area contributed by atoms with Crippen molar-refractivity contribution >= 4 is 18.0 Å². The van der Waals surface area contributed by atoms with E-state index < -0.39 is 11.6 Å². The van der Waals surface area contributed by atoms with Crippen molar-refractivity contribution in [2.45, 2.75) is 12.5 Å². The Bertz CT molecular complexity index is 707. The molecule has 1 N–H and O–H groups in total. The summed E-state index contributed by atoms with van der Waals surface area (Å²) >= 11 is 0. The van der Waals surface area contributed by atoms with Crippen LogP contribution in [0.5, 0.6) is 0 Å². The molecular formula is C17H16N2O3. The SMILES string of the molecule is CC1(c2ccco2)NC(=O)N(CC=Cc2ccccc2)C1=O. The molecule has 1 fully saturated rings. The number of nitrogens with one attached hydrogen (secondary N) is 1. The summed E-state index contributed by atoms with van der Waals surface area (Å²) in [5, 5.41) is 2.69. The summed E-state index contributed by atoms with van der Waals surface area (Å²) in [5.41, 5.74) is -0.121. The molecule has 1 unspecified atom stereocenters. The van der Waals surface area contributed by atoms with Crippen molar-refractivity contribution in [1.82, 2.24) is 10.2 Å². The molecule has 1 saturated heterocycles. The van der Waals surface area contributed by atoms with Crippen LogP contribution in [0, 0.1) is 0 Å². The van der Waals surface area contributed by atoms with Gasteiger partial charge in [0.2, 0.25) is 0 Å². The number of carbonyl (C=O) groups is 2. The van der Waals surface area contributed by atoms with E-state index in [0.717, 1.165) is 5.56 Å². The fraction of sp³-hybridized carbons (Fsp3) is 0.176. The molecule has 0 saturated carbocycles. The maximum atomic E-state index is 12.5. The second-order valence-electron chi connectivity index (χ2n) is 5.26. The summed E-state index contributed by atoms with van der Waals surface area (Å²) in [6.07, 6.45) is 5.15. The van der Waals surface area contributed by atoms with Gasteiger partial charge in [-0.25, -0.2) is 4.79 Å². The Kier molecular flexibility index (Phi) is 3.55. The molecule has 1 aromatic carbocycles. The van der Waals surface area contributed by atoms with E-state index in [1.165, 1.54) is 11.2 Å². The first kappa shape index (κ1) is 14.1. The predicted octanol–water partition coefficient (Wildman–Crippen LogP) is 2.76. The normalized spacial score (nSPS) is 21.6. The molecule has 2 heterocycles. The zero-order valence-corrected chi connectivity index (χ0v) is 12.2. The number of nitrogens with zero attached hydrogens (tertiary/aromatic N) is 1. The van der Waals surface area contributed by atoms with Crippen molar-refractivity contribution in [2.24, 2.45) is 0 Å². The average Bonchev–Trinajstić information content (AvgIpc) is 3.12. The first-order chi connectivity index (χ1) is 10.6. The van der Waals surface area contributed by atoms with Crippen LogP contribution in [0.1, 0.15) is 18.2 Å². The Morgan fingerprint density at radius 2 is 1.95 bits per heavy atom. The van der Waals surface area contributed by atoms with Crippen LogP contribution in [0.4, 0.5) is 4.79 Å². The van der Waals surface area contributed by atoms with Crippen molar-refractivity contribution in [3.05, 3.63) is 66.1 Å². The van der Waals surface area contributed by atoms with E-state index in [1.54, 1.807) is 25.1 Å². The third-order valence-corrected chi connectivity index (χ3v) is 3.69. The standard InChI is InChI=1S/C17H16N2O3/c1-17(14-10-6-12-22-14)15(20)19(16(21)18-17)11-5-9-13-7-3-2-4-8-13/h2-10,12H,11H2,1H3,(H,18,21). The molecule has 5 nitrogen and oxygen atoms in total. The molecule has 5 heteroatoms. The first-order valence-electron chi connectivity index (χ1n) is 7.01. The van der Waals surface area contributed by atoms with Gasteiger partial charge in [0.1, 0.15) is 5.76 Å². The molecule has 1 atom stereocenters. The van der Waals surface area contributed by atoms with Crippen molar-refractivity contribution in [1.29, 1.82) is 0 Å². The van der Waals surface area contributed by atoms with Gasteiger partial charge in [-0.05, 0) is 24.6 Å². The van der Waals surface area contributed by atoms with Crippen LogP contribution in [0.3, 0.4) is 0 Å². The van der Waals surface area contributed by atoms with Gasteiger partial charge in [-0.1, -0.05) is 42.5 Å². The van der Waals surface area contributed by atoms with Crippen molar-refractivity contribution in [2.75, 3.05) is 6.54 Å². The minimum absolute atomic E-state index is 0.218. The monoisotopic (exact) mass is 296 g/mol. The fourth-order valence-electron chi connectivity index (χ4n) is 2.45. The summed E-state index contributed by atoms with van der Waals surface area (Å²) in [6, 6.07) is 12.7. The highest BCUT2D eigenvalue weighted by molar-refractivity contribution is 6.07. The number of hydrogen-bond donors (Lipinski definition) is 1. The number of furan rings is 1. The highest BCUT2D eigenvalue weighted by Gasteiger charge is 2.50. The molecule has 1 aromatic heterocycles. The molecule has 3 amide bonds. The summed E-state index contributed by atoms with van der Waals surface area (Å²) in [4.78, 5) is 25.8. The Labute approximate surface area is 128 Å². The molecule has 0 aliphatic carbocycles. The smallest absolute Gasteiger partial charge is 0.325 e. The summed E-state index contributed by atoms with van der Waals surface area (Å²) in [6.45, 7) is 1.86. The van der Waals surface area contributed by atoms with Crippen LogP contribution in [-0.2, 0) is 10.3 Å². The van der Waals surface area contributed by atoms with E-state index in [2.05, 4.69) is 5.32 Å². The number of imide groups is 1. The lowest BCUT2D eigenvalue weighted by molar-refractivity contribution is -0.131. The third kappa shape index (κ3) is 2.41. The van der Waals surface area contributed by atoms with E-state index in [0.29, 0.717) is 5.76 Å². The Balaban J connectivity index is 1.74. The molecule has 0 radical (unpaired) electrons. The molecular weight excluding hydrogens is 280 g/mol. The van der Waals surface area contributed by atoms with Crippen LogP contribution in [0.2, 0.25) is 0 Å². The fourth-order valence-corrected chi connectivity index (χ4v) is 2.45. The lowest BCUT2D eigenvalue weighted by atomic mass is 9.99. The highest BCUT2D eigenvalue weighted by Crippen LogP contribution is 2.28. The van der Waals surface area contributed by atoms with Crippen LogP contribution in [0.15, 0.2) is 59.2 Å². The van der Waals surface area contributed by atoms with E-state index in [9.17, 15) is 9.59 Å². The lowest BCUT2D eigenvalue weighted by Gasteiger charge is -2.18. The predicted molar refractivity (Wildman–Crippen MR) is 81.8 cm³/mol. The van der Waals surface area contributed by atoms with Crippen LogP contribution in [0.25, 0.3) is 6.08 Å². The highest BCUT2D eigenvalue weighted by atomic mass is 16.3. The number of amides is 3. The van der Waals surface area contributed by atoms with Crippen LogP contribution >= 0.6 is 0 Å². The minimum Gasteiger partial charge on any atom is -0.466 e. The van der Waals surface area contributed by atoms with Crippen molar-refractivity contribution < 1.29 is 14.0 Å². The number of urea groups is 1. The van der Waals surface area contributed by atoms with Crippen LogP contribution < -0.4 is 5.32 Å². The Morgan fingerprint density at radius 3 is 2.64 bits per heavy atom. The van der Waals surface area contributed by atoms with Gasteiger partial charge in [-0.2, -0.15) is 0 Å². The summed E-state index contributed by atoms with van der Waals surface area (Å²) in [5.74, 6) is 0.116. The first-order valence-corrected chi connectivity index (χ1v) is 7.01. The maximum absolute atomic E-state index is 12.5. The minimum atomic E-state index is -1.14. The van der Waals surface area contributed by atoms with Gasteiger partial charge in [0.15, 0.2) is 5.54 Å². The Morgan fingerprint density at radius 1 is 1.18 bits per heavy atom. The molecule has 112 valence electrons. The van der Waals surface area contributed by atoms with Gasteiger partial charge in [0.25, 0.3) is 5.91 Å². The van der Waals surface area contributed by atoms with E-state index >= 15 is 0 Å². The molecule has 3 rings (SSSR count). The zero-order valence-electron chi connectivity index (χ0n) is 12.2. The quantitative estimate of drug-likeness (QED) is 0.882. The molecule has 22 heavy (non-hydrogen) atoms. The van der Waals surface area contributed by atoms with Crippen molar-refractivity contribution in [3.63, 3.8) is 0 Å². The zero-order chi connectivity index (χ0) is 15.6. The number of hydrogen-bond acceptors (Lipinski definition) is 3. The number of benzene rings is 1. The second-order valence-corrected chi connectivity index (χ2v) is 5.26. The topological polar surface area (TPSA) is 62.6 Å². The van der Waals surface area contributed by atoms with Gasteiger partial charge in [-0.3, -0.25) is 9.69 Å². The summed E-state index contributed by atoms with van der Waals surface area (Å²) in [7, 11) is 0. The molecule has 0 spiro atoms. The summed E-state index contributed by atoms with van der Waals surface area (Å²) < 4.78 is 5.28. The van der Waals surface area contributed by atoms with Gasteiger partial charge in [-0.15, -0.1) is 0 Å². The van der Waals surface area contributed by atoms with E-state index in [1.807, 2.05) is 36.4 Å². The van der Waals surface area contributed by atoms with E-state index in [4.69, 9.17) is 4.42 Å². The molecule has 1 aliphatic heterocycles. The van der Waals surface area contributed by atoms with Gasteiger partial charge >= 0.3 is 6.03 Å². The van der Waals surface area contributed by atoms with Crippen molar-refractivity contribution in [3.8, 4) is 0 Å². The van der Waals surface area contributed by atoms with Gasteiger partial charge in [0.05, 0.1) is 6.26 Å². The molecule has 0 bridgehead atoms. The van der Waals surface area contributed by atoms with Crippen LogP contribution in [-0.4, -0.2) is 23.4 Å². The number of carbonyl (C=O) groups excluding carboxylic acids is 2. The van der Waals surface area contributed by atoms with E-state index in [-0.39, 0.29) is 12.5 Å². The molecule has 2 aromatic rings.